The van der Waals surface area contributed by atoms with E-state index in [9.17, 15) is 10.1 Å². The third-order valence-electron chi connectivity index (χ3n) is 3.49. The molecular weight excluding hydrogens is 332 g/mol. The first-order chi connectivity index (χ1) is 12.5. The van der Waals surface area contributed by atoms with E-state index >= 15 is 0 Å². The number of methoxy groups -OCH3 is 1. The molecule has 0 radical (unpaired) electrons. The molecule has 1 N–H and O–H groups in total. The van der Waals surface area contributed by atoms with Gasteiger partial charge in [-0.15, -0.1) is 0 Å². The van der Waals surface area contributed by atoms with Crippen molar-refractivity contribution in [1.29, 1.82) is 5.26 Å². The molecule has 1 aromatic heterocycles. The highest BCUT2D eigenvalue weighted by atomic mass is 16.5. The molecule has 0 saturated carbocycles. The average molecular weight is 352 g/mol. The van der Waals surface area contributed by atoms with E-state index in [1.54, 1.807) is 19.9 Å². The van der Waals surface area contributed by atoms with Gasteiger partial charge in [-0.2, -0.15) is 10.4 Å². The molecule has 7 nitrogen and oxygen atoms in total. The second kappa shape index (κ2) is 9.30. The van der Waals surface area contributed by atoms with Crippen LogP contribution in [0.3, 0.4) is 0 Å². The van der Waals surface area contributed by atoms with Crippen LogP contribution >= 0.6 is 0 Å². The summed E-state index contributed by atoms with van der Waals surface area (Å²) in [5.41, 5.74) is 5.61. The zero-order valence-corrected chi connectivity index (χ0v) is 14.9. The summed E-state index contributed by atoms with van der Waals surface area (Å²) in [6.45, 7) is 3.53. The molecule has 2 aromatic rings. The molecule has 26 heavy (non-hydrogen) atoms. The molecule has 134 valence electrons. The van der Waals surface area contributed by atoms with Crippen molar-refractivity contribution in [1.82, 2.24) is 10.4 Å². The summed E-state index contributed by atoms with van der Waals surface area (Å²) in [5, 5.41) is 13.4. The molecule has 0 aliphatic carbocycles. The molecule has 1 heterocycles. The van der Waals surface area contributed by atoms with Gasteiger partial charge in [0.05, 0.1) is 12.3 Å². The van der Waals surface area contributed by atoms with E-state index in [4.69, 9.17) is 9.47 Å². The van der Waals surface area contributed by atoms with Crippen molar-refractivity contribution in [2.45, 2.75) is 20.5 Å². The molecule has 0 aliphatic heterocycles. The fourth-order valence-electron chi connectivity index (χ4n) is 2.26. The lowest BCUT2D eigenvalue weighted by Gasteiger charge is -2.11. The molecule has 1 aromatic carbocycles. The van der Waals surface area contributed by atoms with E-state index in [-0.39, 0.29) is 24.7 Å². The van der Waals surface area contributed by atoms with Gasteiger partial charge >= 0.3 is 0 Å². The third-order valence-corrected chi connectivity index (χ3v) is 3.49. The van der Waals surface area contributed by atoms with Crippen LogP contribution in [-0.2, 0) is 16.1 Å². The number of hydrazone groups is 1. The molecule has 0 atom stereocenters. The van der Waals surface area contributed by atoms with Crippen LogP contribution in [0.15, 0.2) is 41.5 Å². The standard InChI is InChI=1S/C19H20N4O3/c1-13-9-16(11-25-3)17(10-20)19(21-13)26-12-18(24)23-22-14(2)15-7-5-4-6-8-15/h4-9H,11-12H2,1-3H3,(H,23,24)/b22-14-. The molecule has 0 bridgehead atoms. The number of hydrogen-bond acceptors (Lipinski definition) is 6. The summed E-state index contributed by atoms with van der Waals surface area (Å²) < 4.78 is 10.5. The largest absolute Gasteiger partial charge is 0.467 e. The van der Waals surface area contributed by atoms with Crippen molar-refractivity contribution in [2.75, 3.05) is 13.7 Å². The maximum atomic E-state index is 12.0. The molecule has 0 aliphatic rings. The maximum Gasteiger partial charge on any atom is 0.278 e. The molecule has 0 saturated heterocycles. The number of nitrogens with zero attached hydrogens (tertiary/aromatic N) is 3. The van der Waals surface area contributed by atoms with E-state index in [1.807, 2.05) is 36.4 Å². The van der Waals surface area contributed by atoms with Gasteiger partial charge in [0.1, 0.15) is 11.6 Å². The molecule has 2 rings (SSSR count). The van der Waals surface area contributed by atoms with Gasteiger partial charge in [-0.1, -0.05) is 30.3 Å². The topological polar surface area (TPSA) is 96.6 Å². The van der Waals surface area contributed by atoms with Gasteiger partial charge in [0.15, 0.2) is 6.61 Å². The highest BCUT2D eigenvalue weighted by Crippen LogP contribution is 2.21. The van der Waals surface area contributed by atoms with E-state index < -0.39 is 5.91 Å². The van der Waals surface area contributed by atoms with Crippen molar-refractivity contribution in [3.8, 4) is 11.9 Å². The number of nitriles is 1. The van der Waals surface area contributed by atoms with Crippen LogP contribution < -0.4 is 10.2 Å². The van der Waals surface area contributed by atoms with E-state index in [1.165, 1.54) is 7.11 Å². The second-order valence-corrected chi connectivity index (χ2v) is 5.53. The minimum absolute atomic E-state index is 0.110. The Balaban J connectivity index is 2.02. The molecule has 1 amide bonds. The number of carbonyl (C=O) groups is 1. The zero-order chi connectivity index (χ0) is 18.9. The fraction of sp³-hybridized carbons (Fsp3) is 0.263. The Bertz CT molecular complexity index is 842. The van der Waals surface area contributed by atoms with Crippen LogP contribution in [0.25, 0.3) is 0 Å². The number of carbonyl (C=O) groups excluding carboxylic acids is 1. The van der Waals surface area contributed by atoms with Crippen molar-refractivity contribution in [3.63, 3.8) is 0 Å². The number of benzene rings is 1. The van der Waals surface area contributed by atoms with Gasteiger partial charge in [0.2, 0.25) is 5.88 Å². The summed E-state index contributed by atoms with van der Waals surface area (Å²) in [6.07, 6.45) is 0. The molecular formula is C19H20N4O3. The average Bonchev–Trinajstić information content (AvgIpc) is 2.65. The second-order valence-electron chi connectivity index (χ2n) is 5.53. The minimum atomic E-state index is -0.444. The Morgan fingerprint density at radius 3 is 2.73 bits per heavy atom. The fourth-order valence-corrected chi connectivity index (χ4v) is 2.26. The van der Waals surface area contributed by atoms with Crippen LogP contribution in [0.2, 0.25) is 0 Å². The van der Waals surface area contributed by atoms with Gasteiger partial charge < -0.3 is 9.47 Å². The maximum absolute atomic E-state index is 12.0. The zero-order valence-electron chi connectivity index (χ0n) is 14.9. The number of rotatable bonds is 7. The van der Waals surface area contributed by atoms with Gasteiger partial charge in [0.25, 0.3) is 5.91 Å². The number of aryl methyl sites for hydroxylation is 1. The monoisotopic (exact) mass is 352 g/mol. The predicted octanol–water partition coefficient (Wildman–Crippen LogP) is 2.33. The van der Waals surface area contributed by atoms with Crippen molar-refractivity contribution < 1.29 is 14.3 Å². The molecule has 0 spiro atoms. The highest BCUT2D eigenvalue weighted by molar-refractivity contribution is 5.99. The SMILES string of the molecule is COCc1cc(C)nc(OCC(=O)N/N=C(/C)c2ccccc2)c1C#N. The first-order valence-corrected chi connectivity index (χ1v) is 7.96. The molecule has 0 unspecified atom stereocenters. The summed E-state index contributed by atoms with van der Waals surface area (Å²) in [5.74, 6) is -0.334. The Kier molecular flexibility index (Phi) is 6.83. The third kappa shape index (κ3) is 5.13. The predicted molar refractivity (Wildman–Crippen MR) is 96.7 cm³/mol. The van der Waals surface area contributed by atoms with Crippen LogP contribution in [0.5, 0.6) is 5.88 Å². The van der Waals surface area contributed by atoms with Crippen molar-refractivity contribution in [2.24, 2.45) is 5.10 Å². The lowest BCUT2D eigenvalue weighted by atomic mass is 10.1. The summed E-state index contributed by atoms with van der Waals surface area (Å²) in [6, 6.07) is 13.3. The molecule has 0 fully saturated rings. The lowest BCUT2D eigenvalue weighted by Crippen LogP contribution is -2.26. The minimum Gasteiger partial charge on any atom is -0.467 e. The lowest BCUT2D eigenvalue weighted by molar-refractivity contribution is -0.123. The van der Waals surface area contributed by atoms with E-state index in [0.717, 1.165) is 5.56 Å². The number of pyridine rings is 1. The van der Waals surface area contributed by atoms with Crippen LogP contribution in [-0.4, -0.2) is 30.3 Å². The quantitative estimate of drug-likeness (QED) is 0.609. The van der Waals surface area contributed by atoms with Gasteiger partial charge in [0, 0.05) is 18.4 Å². The van der Waals surface area contributed by atoms with Crippen LogP contribution in [0.4, 0.5) is 0 Å². The van der Waals surface area contributed by atoms with Gasteiger partial charge in [-0.3, -0.25) is 4.79 Å². The number of nitrogens with one attached hydrogen (secondary N) is 1. The number of amides is 1. The number of hydrogen-bond donors (Lipinski definition) is 1. The summed E-state index contributed by atoms with van der Waals surface area (Å²) in [7, 11) is 1.54. The first kappa shape index (κ1) is 19.1. The Hall–Kier alpha value is -3.24. The van der Waals surface area contributed by atoms with E-state index in [0.29, 0.717) is 17.0 Å². The summed E-state index contributed by atoms with van der Waals surface area (Å²) in [4.78, 5) is 16.2. The van der Waals surface area contributed by atoms with Crippen molar-refractivity contribution >= 4 is 11.6 Å². The number of ether oxygens (including phenoxy) is 2. The van der Waals surface area contributed by atoms with Gasteiger partial charge in [-0.25, -0.2) is 10.4 Å². The molecule has 7 heteroatoms. The van der Waals surface area contributed by atoms with Gasteiger partial charge in [-0.05, 0) is 25.5 Å². The normalized spacial score (nSPS) is 10.9. The smallest absolute Gasteiger partial charge is 0.278 e. The summed E-state index contributed by atoms with van der Waals surface area (Å²) >= 11 is 0. The highest BCUT2D eigenvalue weighted by Gasteiger charge is 2.14. The van der Waals surface area contributed by atoms with E-state index in [2.05, 4.69) is 15.5 Å². The van der Waals surface area contributed by atoms with Crippen LogP contribution in [0.1, 0.15) is 29.3 Å². The number of aromatic nitrogens is 1. The Morgan fingerprint density at radius 2 is 2.08 bits per heavy atom. The van der Waals surface area contributed by atoms with Crippen LogP contribution in [0, 0.1) is 18.3 Å². The Morgan fingerprint density at radius 1 is 1.35 bits per heavy atom. The van der Waals surface area contributed by atoms with Crippen molar-refractivity contribution in [3.05, 3.63) is 58.8 Å². The first-order valence-electron chi connectivity index (χ1n) is 7.96. The Labute approximate surface area is 152 Å².